The number of aromatic amines is 1. The standard InChI is InChI=1S/C18H18Cl2N2/c1-11-15(14-5-2-3-8-17(14)22-11)9-12(10-21)13-6-4-7-16(19)18(13)20/h2-8,12,22H,9-10,21H2,1H3. The quantitative estimate of drug-likeness (QED) is 0.688. The first-order chi connectivity index (χ1) is 10.6. The average molecular weight is 333 g/mol. The Bertz CT molecular complexity index is 808. The van der Waals surface area contributed by atoms with Crippen LogP contribution in [0.25, 0.3) is 10.9 Å². The predicted octanol–water partition coefficient (Wildman–Crippen LogP) is 5.07. The van der Waals surface area contributed by atoms with Crippen LogP contribution in [0.15, 0.2) is 42.5 Å². The zero-order valence-corrected chi connectivity index (χ0v) is 13.9. The van der Waals surface area contributed by atoms with E-state index in [1.165, 1.54) is 16.6 Å². The van der Waals surface area contributed by atoms with Crippen LogP contribution in [0.5, 0.6) is 0 Å². The van der Waals surface area contributed by atoms with Gasteiger partial charge in [-0.25, -0.2) is 0 Å². The molecule has 0 radical (unpaired) electrons. The van der Waals surface area contributed by atoms with E-state index < -0.39 is 0 Å². The molecule has 0 aliphatic rings. The number of hydrogen-bond acceptors (Lipinski definition) is 1. The van der Waals surface area contributed by atoms with Gasteiger partial charge in [-0.15, -0.1) is 0 Å². The number of benzene rings is 2. The van der Waals surface area contributed by atoms with E-state index in [-0.39, 0.29) is 5.92 Å². The molecule has 1 heterocycles. The summed E-state index contributed by atoms with van der Waals surface area (Å²) in [6, 6.07) is 14.1. The highest BCUT2D eigenvalue weighted by molar-refractivity contribution is 6.42. The first-order valence-electron chi connectivity index (χ1n) is 7.32. The van der Waals surface area contributed by atoms with Crippen molar-refractivity contribution < 1.29 is 0 Å². The van der Waals surface area contributed by atoms with Crippen molar-refractivity contribution in [1.82, 2.24) is 4.98 Å². The van der Waals surface area contributed by atoms with Gasteiger partial charge in [-0.05, 0) is 43.1 Å². The minimum atomic E-state index is 0.143. The number of H-pyrrole nitrogens is 1. The van der Waals surface area contributed by atoms with Crippen LogP contribution in [0.2, 0.25) is 10.0 Å². The van der Waals surface area contributed by atoms with Gasteiger partial charge in [-0.2, -0.15) is 0 Å². The lowest BCUT2D eigenvalue weighted by Gasteiger charge is -2.17. The maximum Gasteiger partial charge on any atom is 0.0627 e. The molecule has 3 N–H and O–H groups in total. The molecule has 0 saturated carbocycles. The number of aryl methyl sites for hydroxylation is 1. The minimum absolute atomic E-state index is 0.143. The molecule has 0 fully saturated rings. The van der Waals surface area contributed by atoms with E-state index in [0.717, 1.165) is 17.5 Å². The third-order valence-electron chi connectivity index (χ3n) is 4.18. The van der Waals surface area contributed by atoms with Crippen LogP contribution in [-0.2, 0) is 6.42 Å². The Labute approximate surface area is 140 Å². The molecule has 3 aromatic rings. The summed E-state index contributed by atoms with van der Waals surface area (Å²) in [5.74, 6) is 0.143. The molecule has 0 saturated heterocycles. The average Bonchev–Trinajstić information content (AvgIpc) is 2.83. The Morgan fingerprint density at radius 3 is 2.64 bits per heavy atom. The number of nitrogens with two attached hydrogens (primary N) is 1. The van der Waals surface area contributed by atoms with Crippen LogP contribution in [0.3, 0.4) is 0 Å². The maximum atomic E-state index is 6.37. The van der Waals surface area contributed by atoms with E-state index in [0.29, 0.717) is 16.6 Å². The first kappa shape index (κ1) is 15.4. The molecule has 3 rings (SSSR count). The van der Waals surface area contributed by atoms with Crippen LogP contribution in [0.1, 0.15) is 22.7 Å². The van der Waals surface area contributed by atoms with Gasteiger partial charge in [0, 0.05) is 22.5 Å². The molecule has 2 nitrogen and oxygen atoms in total. The first-order valence-corrected chi connectivity index (χ1v) is 8.07. The largest absolute Gasteiger partial charge is 0.358 e. The summed E-state index contributed by atoms with van der Waals surface area (Å²) in [5.41, 5.74) is 10.7. The SMILES string of the molecule is Cc1[nH]c2ccccc2c1CC(CN)c1cccc(Cl)c1Cl. The Morgan fingerprint density at radius 1 is 1.09 bits per heavy atom. The predicted molar refractivity (Wildman–Crippen MR) is 95.0 cm³/mol. The summed E-state index contributed by atoms with van der Waals surface area (Å²) in [5, 5.41) is 2.43. The lowest BCUT2D eigenvalue weighted by molar-refractivity contribution is 0.695. The van der Waals surface area contributed by atoms with Crippen LogP contribution in [-0.4, -0.2) is 11.5 Å². The molecule has 0 bridgehead atoms. The highest BCUT2D eigenvalue weighted by Crippen LogP contribution is 2.34. The number of rotatable bonds is 4. The lowest BCUT2D eigenvalue weighted by Crippen LogP contribution is -2.16. The Kier molecular flexibility index (Phi) is 4.44. The van der Waals surface area contributed by atoms with Crippen molar-refractivity contribution in [3.8, 4) is 0 Å². The summed E-state index contributed by atoms with van der Waals surface area (Å²) >= 11 is 12.5. The van der Waals surface area contributed by atoms with Crippen molar-refractivity contribution in [3.05, 3.63) is 69.3 Å². The smallest absolute Gasteiger partial charge is 0.0627 e. The van der Waals surface area contributed by atoms with Gasteiger partial charge in [0.1, 0.15) is 0 Å². The summed E-state index contributed by atoms with van der Waals surface area (Å²) in [7, 11) is 0. The van der Waals surface area contributed by atoms with Crippen molar-refractivity contribution in [3.63, 3.8) is 0 Å². The van der Waals surface area contributed by atoms with Gasteiger partial charge < -0.3 is 10.7 Å². The fraction of sp³-hybridized carbons (Fsp3) is 0.222. The fourth-order valence-electron chi connectivity index (χ4n) is 3.00. The molecule has 0 aliphatic heterocycles. The molecule has 114 valence electrons. The molecule has 1 aromatic heterocycles. The Balaban J connectivity index is 2.02. The number of halogens is 2. The molecule has 0 amide bonds. The van der Waals surface area contributed by atoms with Gasteiger partial charge in [-0.1, -0.05) is 53.5 Å². The van der Waals surface area contributed by atoms with Gasteiger partial charge in [0.2, 0.25) is 0 Å². The molecule has 4 heteroatoms. The normalized spacial score (nSPS) is 12.7. The lowest BCUT2D eigenvalue weighted by atomic mass is 9.91. The van der Waals surface area contributed by atoms with Crippen molar-refractivity contribution in [2.75, 3.05) is 6.54 Å². The molecule has 22 heavy (non-hydrogen) atoms. The highest BCUT2D eigenvalue weighted by Gasteiger charge is 2.18. The third-order valence-corrected chi connectivity index (χ3v) is 5.02. The van der Waals surface area contributed by atoms with Crippen molar-refractivity contribution in [2.45, 2.75) is 19.3 Å². The van der Waals surface area contributed by atoms with E-state index in [1.54, 1.807) is 6.07 Å². The zero-order valence-electron chi connectivity index (χ0n) is 12.4. The van der Waals surface area contributed by atoms with E-state index in [9.17, 15) is 0 Å². The van der Waals surface area contributed by atoms with Crippen molar-refractivity contribution in [2.24, 2.45) is 5.73 Å². The maximum absolute atomic E-state index is 6.37. The molecular weight excluding hydrogens is 315 g/mol. The zero-order chi connectivity index (χ0) is 15.7. The number of fused-ring (bicyclic) bond motifs is 1. The van der Waals surface area contributed by atoms with Crippen LogP contribution < -0.4 is 5.73 Å². The van der Waals surface area contributed by atoms with Crippen molar-refractivity contribution in [1.29, 1.82) is 0 Å². The second-order valence-electron chi connectivity index (χ2n) is 5.55. The Hall–Kier alpha value is -1.48. The second kappa shape index (κ2) is 6.33. The highest BCUT2D eigenvalue weighted by atomic mass is 35.5. The van der Waals surface area contributed by atoms with Gasteiger partial charge >= 0.3 is 0 Å². The minimum Gasteiger partial charge on any atom is -0.358 e. The summed E-state index contributed by atoms with van der Waals surface area (Å²) < 4.78 is 0. The second-order valence-corrected chi connectivity index (χ2v) is 6.34. The Morgan fingerprint density at radius 2 is 1.86 bits per heavy atom. The van der Waals surface area contributed by atoms with Crippen molar-refractivity contribution >= 4 is 34.1 Å². The number of para-hydroxylation sites is 1. The van der Waals surface area contributed by atoms with Crippen LogP contribution >= 0.6 is 23.2 Å². The number of hydrogen-bond donors (Lipinski definition) is 2. The van der Waals surface area contributed by atoms with E-state index in [1.807, 2.05) is 18.2 Å². The summed E-state index contributed by atoms with van der Waals surface area (Å²) in [6.07, 6.45) is 0.840. The van der Waals surface area contributed by atoms with E-state index in [4.69, 9.17) is 28.9 Å². The third kappa shape index (κ3) is 2.74. The summed E-state index contributed by atoms with van der Waals surface area (Å²) in [6.45, 7) is 2.63. The topological polar surface area (TPSA) is 41.8 Å². The van der Waals surface area contributed by atoms with Gasteiger partial charge in [0.05, 0.1) is 10.0 Å². The van der Waals surface area contributed by atoms with E-state index in [2.05, 4.69) is 30.1 Å². The molecule has 2 aromatic carbocycles. The van der Waals surface area contributed by atoms with Crippen LogP contribution in [0.4, 0.5) is 0 Å². The molecule has 1 atom stereocenters. The molecule has 0 aliphatic carbocycles. The number of aromatic nitrogens is 1. The van der Waals surface area contributed by atoms with Gasteiger partial charge in [-0.3, -0.25) is 0 Å². The molecule has 0 spiro atoms. The van der Waals surface area contributed by atoms with Crippen LogP contribution in [0, 0.1) is 6.92 Å². The van der Waals surface area contributed by atoms with Gasteiger partial charge in [0.25, 0.3) is 0 Å². The molecular formula is C18H18Cl2N2. The monoisotopic (exact) mass is 332 g/mol. The fourth-order valence-corrected chi connectivity index (χ4v) is 3.46. The summed E-state index contributed by atoms with van der Waals surface area (Å²) in [4.78, 5) is 3.43. The molecule has 1 unspecified atom stereocenters. The van der Waals surface area contributed by atoms with E-state index >= 15 is 0 Å². The number of nitrogens with one attached hydrogen (secondary N) is 1. The van der Waals surface area contributed by atoms with Gasteiger partial charge in [0.15, 0.2) is 0 Å².